The van der Waals surface area contributed by atoms with E-state index in [1.807, 2.05) is 30.3 Å². The van der Waals surface area contributed by atoms with Crippen LogP contribution in [-0.2, 0) is 20.2 Å². The van der Waals surface area contributed by atoms with Gasteiger partial charge < -0.3 is 19.5 Å². The van der Waals surface area contributed by atoms with E-state index in [-0.39, 0.29) is 19.8 Å². The molecule has 0 bridgehead atoms. The van der Waals surface area contributed by atoms with Gasteiger partial charge in [-0.05, 0) is 19.4 Å². The van der Waals surface area contributed by atoms with Crippen LogP contribution in [0.1, 0.15) is 19.4 Å². The van der Waals surface area contributed by atoms with Crippen molar-refractivity contribution >= 4 is 7.60 Å². The quantitative estimate of drug-likeness (QED) is 0.682. The van der Waals surface area contributed by atoms with E-state index in [1.165, 1.54) is 0 Å². The minimum Gasteiger partial charge on any atom is -0.379 e. The van der Waals surface area contributed by atoms with Gasteiger partial charge in [-0.1, -0.05) is 30.3 Å². The highest BCUT2D eigenvalue weighted by Crippen LogP contribution is 2.51. The van der Waals surface area contributed by atoms with Gasteiger partial charge in [-0.2, -0.15) is 0 Å². The lowest BCUT2D eigenvalue weighted by molar-refractivity contribution is 0.147. The van der Waals surface area contributed by atoms with Crippen LogP contribution < -0.4 is 5.32 Å². The first kappa shape index (κ1) is 16.3. The smallest absolute Gasteiger partial charge is 0.360 e. The van der Waals surface area contributed by atoms with E-state index in [9.17, 15) is 9.67 Å². The van der Waals surface area contributed by atoms with Gasteiger partial charge in [0, 0.05) is 13.1 Å². The second-order valence-corrected chi connectivity index (χ2v) is 6.16. The van der Waals surface area contributed by atoms with Crippen molar-refractivity contribution in [3.63, 3.8) is 0 Å². The number of nitrogens with one attached hydrogen (secondary N) is 1. The van der Waals surface area contributed by atoms with Crippen molar-refractivity contribution in [2.45, 2.75) is 26.2 Å². The molecule has 1 aromatic carbocycles. The molecule has 1 aromatic rings. The Morgan fingerprint density at radius 3 is 2.32 bits per heavy atom. The van der Waals surface area contributed by atoms with Crippen molar-refractivity contribution in [1.29, 1.82) is 0 Å². The molecule has 0 amide bonds. The Morgan fingerprint density at radius 2 is 1.79 bits per heavy atom. The molecule has 0 aliphatic carbocycles. The number of aliphatic hydroxyl groups is 1. The van der Waals surface area contributed by atoms with Crippen molar-refractivity contribution in [1.82, 2.24) is 5.32 Å². The maximum atomic E-state index is 12.2. The summed E-state index contributed by atoms with van der Waals surface area (Å²) in [7, 11) is -3.44. The summed E-state index contributed by atoms with van der Waals surface area (Å²) in [6, 6.07) is 9.78. The number of rotatable bonds is 9. The molecular formula is C13H22NO4P. The SMILES string of the molecule is CCOP(=O)(OCC)[C@@H](O)CNCc1ccccc1. The lowest BCUT2D eigenvalue weighted by Crippen LogP contribution is -2.28. The van der Waals surface area contributed by atoms with E-state index in [2.05, 4.69) is 5.32 Å². The zero-order valence-corrected chi connectivity index (χ0v) is 12.3. The normalized spacial score (nSPS) is 13.4. The minimum atomic E-state index is -3.44. The van der Waals surface area contributed by atoms with Crippen molar-refractivity contribution < 1.29 is 18.7 Å². The Balaban J connectivity index is 2.44. The molecular weight excluding hydrogens is 265 g/mol. The van der Waals surface area contributed by atoms with Gasteiger partial charge in [-0.25, -0.2) is 0 Å². The van der Waals surface area contributed by atoms with Crippen LogP contribution in [-0.4, -0.2) is 30.7 Å². The number of hydrogen-bond acceptors (Lipinski definition) is 5. The molecule has 6 heteroatoms. The van der Waals surface area contributed by atoms with E-state index in [0.29, 0.717) is 6.54 Å². The molecule has 108 valence electrons. The fourth-order valence-electron chi connectivity index (χ4n) is 1.62. The second-order valence-electron chi connectivity index (χ2n) is 3.97. The average molecular weight is 287 g/mol. The Bertz CT molecular complexity index is 389. The summed E-state index contributed by atoms with van der Waals surface area (Å²) >= 11 is 0. The number of hydrogen-bond donors (Lipinski definition) is 2. The molecule has 2 N–H and O–H groups in total. The summed E-state index contributed by atoms with van der Waals surface area (Å²) in [5.41, 5.74) is 1.09. The molecule has 0 radical (unpaired) electrons. The zero-order valence-electron chi connectivity index (χ0n) is 11.4. The summed E-state index contributed by atoms with van der Waals surface area (Å²) in [6.07, 6.45) is 0. The Kier molecular flexibility index (Phi) is 7.28. The molecule has 0 aliphatic rings. The van der Waals surface area contributed by atoms with Crippen molar-refractivity contribution in [2.24, 2.45) is 0 Å². The van der Waals surface area contributed by atoms with Crippen molar-refractivity contribution in [3.8, 4) is 0 Å². The molecule has 0 saturated heterocycles. The number of aliphatic hydroxyl groups excluding tert-OH is 1. The predicted octanol–water partition coefficient (Wildman–Crippen LogP) is 2.36. The lowest BCUT2D eigenvalue weighted by atomic mass is 10.2. The maximum Gasteiger partial charge on any atom is 0.360 e. The Labute approximate surface area is 114 Å². The zero-order chi connectivity index (χ0) is 14.1. The van der Waals surface area contributed by atoms with Gasteiger partial charge in [0.15, 0.2) is 5.85 Å². The number of benzene rings is 1. The first-order valence-electron chi connectivity index (χ1n) is 6.44. The minimum absolute atomic E-state index is 0.159. The molecule has 0 fully saturated rings. The van der Waals surface area contributed by atoms with Crippen LogP contribution in [0.25, 0.3) is 0 Å². The fraction of sp³-hybridized carbons (Fsp3) is 0.538. The average Bonchev–Trinajstić information content (AvgIpc) is 2.40. The molecule has 19 heavy (non-hydrogen) atoms. The molecule has 1 rings (SSSR count). The molecule has 0 aromatic heterocycles. The molecule has 5 nitrogen and oxygen atoms in total. The largest absolute Gasteiger partial charge is 0.379 e. The molecule has 0 spiro atoms. The van der Waals surface area contributed by atoms with E-state index in [4.69, 9.17) is 9.05 Å². The molecule has 0 unspecified atom stereocenters. The third-order valence-electron chi connectivity index (χ3n) is 2.48. The Morgan fingerprint density at radius 1 is 1.21 bits per heavy atom. The van der Waals surface area contributed by atoms with Gasteiger partial charge in [0.1, 0.15) is 0 Å². The summed E-state index contributed by atoms with van der Waals surface area (Å²) in [5.74, 6) is -1.16. The van der Waals surface area contributed by atoms with Crippen LogP contribution in [0, 0.1) is 0 Å². The Hall–Kier alpha value is -0.710. The third-order valence-corrected chi connectivity index (χ3v) is 4.63. The first-order valence-corrected chi connectivity index (χ1v) is 8.05. The van der Waals surface area contributed by atoms with Gasteiger partial charge >= 0.3 is 7.60 Å². The van der Waals surface area contributed by atoms with Crippen molar-refractivity contribution in [2.75, 3.05) is 19.8 Å². The predicted molar refractivity (Wildman–Crippen MR) is 75.0 cm³/mol. The van der Waals surface area contributed by atoms with E-state index in [0.717, 1.165) is 5.56 Å². The van der Waals surface area contributed by atoms with Gasteiger partial charge in [-0.3, -0.25) is 4.57 Å². The van der Waals surface area contributed by atoms with Gasteiger partial charge in [-0.15, -0.1) is 0 Å². The molecule has 0 heterocycles. The van der Waals surface area contributed by atoms with Crippen LogP contribution in [0.3, 0.4) is 0 Å². The standard InChI is InChI=1S/C13H22NO4P/c1-3-17-19(16,18-4-2)13(15)11-14-10-12-8-6-5-7-9-12/h5-9,13-15H,3-4,10-11H2,1-2H3/t13-/m1/s1. The van der Waals surface area contributed by atoms with E-state index < -0.39 is 13.4 Å². The van der Waals surface area contributed by atoms with Gasteiger partial charge in [0.25, 0.3) is 0 Å². The first-order chi connectivity index (χ1) is 9.12. The lowest BCUT2D eigenvalue weighted by Gasteiger charge is -2.22. The molecule has 1 atom stereocenters. The van der Waals surface area contributed by atoms with Crippen LogP contribution in [0.15, 0.2) is 30.3 Å². The summed E-state index contributed by atoms with van der Waals surface area (Å²) < 4.78 is 22.4. The van der Waals surface area contributed by atoms with Gasteiger partial charge in [0.2, 0.25) is 0 Å². The highest BCUT2D eigenvalue weighted by Gasteiger charge is 2.33. The monoisotopic (exact) mass is 287 g/mol. The topological polar surface area (TPSA) is 67.8 Å². The van der Waals surface area contributed by atoms with Gasteiger partial charge in [0.05, 0.1) is 13.2 Å². The van der Waals surface area contributed by atoms with Crippen molar-refractivity contribution in [3.05, 3.63) is 35.9 Å². The fourth-order valence-corrected chi connectivity index (χ4v) is 3.11. The summed E-state index contributed by atoms with van der Waals surface area (Å²) in [6.45, 7) is 4.67. The third kappa shape index (κ3) is 5.43. The van der Waals surface area contributed by atoms with E-state index >= 15 is 0 Å². The van der Waals surface area contributed by atoms with Crippen LogP contribution in [0.5, 0.6) is 0 Å². The van der Waals surface area contributed by atoms with Crippen LogP contribution in [0.4, 0.5) is 0 Å². The molecule has 0 aliphatic heterocycles. The van der Waals surface area contributed by atoms with Crippen LogP contribution in [0.2, 0.25) is 0 Å². The molecule has 0 saturated carbocycles. The van der Waals surface area contributed by atoms with E-state index in [1.54, 1.807) is 13.8 Å². The highest BCUT2D eigenvalue weighted by atomic mass is 31.2. The maximum absolute atomic E-state index is 12.2. The summed E-state index contributed by atoms with van der Waals surface area (Å²) in [4.78, 5) is 0. The summed E-state index contributed by atoms with van der Waals surface area (Å²) in [5, 5.41) is 13.0. The van der Waals surface area contributed by atoms with Crippen LogP contribution >= 0.6 is 7.60 Å². The second kappa shape index (κ2) is 8.46. The highest BCUT2D eigenvalue weighted by molar-refractivity contribution is 7.54.